The second-order valence-electron chi connectivity index (χ2n) is 2.30. The number of rotatable bonds is 6. The molecule has 0 aromatic carbocycles. The molecule has 2 N–H and O–H groups in total. The van der Waals surface area contributed by atoms with Crippen LogP contribution in [0.2, 0.25) is 0 Å². The van der Waals surface area contributed by atoms with Crippen molar-refractivity contribution < 1.29 is 13.6 Å². The summed E-state index contributed by atoms with van der Waals surface area (Å²) in [5, 5.41) is 5.12. The fraction of sp³-hybridized carbons (Fsp3) is 0.857. The van der Waals surface area contributed by atoms with Crippen LogP contribution in [0.3, 0.4) is 0 Å². The SMILES string of the molecule is CCNCCCNC(=O)C(F)F. The second kappa shape index (κ2) is 6.97. The fourth-order valence-electron chi connectivity index (χ4n) is 0.679. The number of amides is 1. The number of alkyl halides is 2. The molecule has 5 heteroatoms. The van der Waals surface area contributed by atoms with E-state index in [0.717, 1.165) is 13.1 Å². The first-order chi connectivity index (χ1) is 5.68. The third-order valence-electron chi connectivity index (χ3n) is 1.28. The van der Waals surface area contributed by atoms with Gasteiger partial charge in [0.25, 0.3) is 5.91 Å². The van der Waals surface area contributed by atoms with E-state index in [0.29, 0.717) is 13.0 Å². The highest BCUT2D eigenvalue weighted by atomic mass is 19.3. The van der Waals surface area contributed by atoms with Gasteiger partial charge in [-0.15, -0.1) is 0 Å². The van der Waals surface area contributed by atoms with Gasteiger partial charge in [0.2, 0.25) is 0 Å². The molecule has 0 fully saturated rings. The molecule has 12 heavy (non-hydrogen) atoms. The van der Waals surface area contributed by atoms with Crippen LogP contribution < -0.4 is 10.6 Å². The molecule has 0 spiro atoms. The minimum Gasteiger partial charge on any atom is -0.351 e. The smallest absolute Gasteiger partial charge is 0.315 e. The van der Waals surface area contributed by atoms with Crippen LogP contribution >= 0.6 is 0 Å². The van der Waals surface area contributed by atoms with Gasteiger partial charge in [-0.25, -0.2) is 0 Å². The van der Waals surface area contributed by atoms with Crippen molar-refractivity contribution in [3.8, 4) is 0 Å². The Morgan fingerprint density at radius 1 is 1.42 bits per heavy atom. The Labute approximate surface area is 70.5 Å². The summed E-state index contributed by atoms with van der Waals surface area (Å²) in [5.41, 5.74) is 0. The van der Waals surface area contributed by atoms with Gasteiger partial charge in [-0.2, -0.15) is 8.78 Å². The average molecular weight is 180 g/mol. The predicted molar refractivity (Wildman–Crippen MR) is 42.2 cm³/mol. The zero-order valence-electron chi connectivity index (χ0n) is 7.07. The van der Waals surface area contributed by atoms with Gasteiger partial charge in [0, 0.05) is 6.54 Å². The largest absolute Gasteiger partial charge is 0.351 e. The average Bonchev–Trinajstić information content (AvgIpc) is 2.03. The van der Waals surface area contributed by atoms with E-state index >= 15 is 0 Å². The first-order valence-corrected chi connectivity index (χ1v) is 3.95. The van der Waals surface area contributed by atoms with Gasteiger partial charge < -0.3 is 10.6 Å². The summed E-state index contributed by atoms with van der Waals surface area (Å²) in [5.74, 6) is -1.19. The lowest BCUT2D eigenvalue weighted by Gasteiger charge is -2.03. The molecule has 3 nitrogen and oxygen atoms in total. The van der Waals surface area contributed by atoms with Crippen LogP contribution in [-0.2, 0) is 4.79 Å². The molecule has 0 atom stereocenters. The number of carbonyl (C=O) groups excluding carboxylic acids is 1. The van der Waals surface area contributed by atoms with Crippen LogP contribution in [0.4, 0.5) is 8.78 Å². The lowest BCUT2D eigenvalue weighted by atomic mass is 10.4. The van der Waals surface area contributed by atoms with Crippen molar-refractivity contribution in [2.45, 2.75) is 19.8 Å². The summed E-state index contributed by atoms with van der Waals surface area (Å²) in [6.45, 7) is 3.84. The number of halogens is 2. The van der Waals surface area contributed by atoms with Gasteiger partial charge in [0.1, 0.15) is 0 Å². The molecule has 0 bridgehead atoms. The first kappa shape index (κ1) is 11.3. The van der Waals surface area contributed by atoms with Crippen molar-refractivity contribution in [2.75, 3.05) is 19.6 Å². The van der Waals surface area contributed by atoms with Crippen LogP contribution in [0, 0.1) is 0 Å². The first-order valence-electron chi connectivity index (χ1n) is 3.95. The molecule has 0 unspecified atom stereocenters. The Balaban J connectivity index is 3.14. The van der Waals surface area contributed by atoms with Crippen molar-refractivity contribution in [3.63, 3.8) is 0 Å². The Kier molecular flexibility index (Phi) is 6.55. The molecule has 0 heterocycles. The van der Waals surface area contributed by atoms with Crippen LogP contribution in [0.1, 0.15) is 13.3 Å². The van der Waals surface area contributed by atoms with Gasteiger partial charge in [0.15, 0.2) is 0 Å². The highest BCUT2D eigenvalue weighted by molar-refractivity contribution is 5.78. The lowest BCUT2D eigenvalue weighted by molar-refractivity contribution is -0.131. The molecule has 0 aliphatic heterocycles. The number of nitrogens with one attached hydrogen (secondary N) is 2. The third kappa shape index (κ3) is 6.03. The van der Waals surface area contributed by atoms with E-state index in [1.165, 1.54) is 0 Å². The molecule has 0 aromatic heterocycles. The topological polar surface area (TPSA) is 41.1 Å². The summed E-state index contributed by atoms with van der Waals surface area (Å²) < 4.78 is 23.2. The van der Waals surface area contributed by atoms with Crippen molar-refractivity contribution in [2.24, 2.45) is 0 Å². The van der Waals surface area contributed by atoms with E-state index in [1.807, 2.05) is 6.92 Å². The van der Waals surface area contributed by atoms with E-state index in [-0.39, 0.29) is 0 Å². The van der Waals surface area contributed by atoms with Crippen molar-refractivity contribution in [1.29, 1.82) is 0 Å². The van der Waals surface area contributed by atoms with Crippen molar-refractivity contribution >= 4 is 5.91 Å². The summed E-state index contributed by atoms with van der Waals surface area (Å²) in [6.07, 6.45) is -2.23. The molecular weight excluding hydrogens is 166 g/mol. The molecule has 0 saturated carbocycles. The van der Waals surface area contributed by atoms with E-state index in [1.54, 1.807) is 0 Å². The monoisotopic (exact) mass is 180 g/mol. The molecular formula is C7H14F2N2O. The van der Waals surface area contributed by atoms with Crippen molar-refractivity contribution in [3.05, 3.63) is 0 Å². The van der Waals surface area contributed by atoms with Crippen LogP contribution in [0.5, 0.6) is 0 Å². The maximum Gasteiger partial charge on any atom is 0.315 e. The molecule has 0 aromatic rings. The number of hydrogen-bond acceptors (Lipinski definition) is 2. The quantitative estimate of drug-likeness (QED) is 0.580. The summed E-state index contributed by atoms with van der Waals surface area (Å²) in [7, 11) is 0. The maximum atomic E-state index is 11.6. The molecule has 0 aliphatic rings. The molecule has 72 valence electrons. The predicted octanol–water partition coefficient (Wildman–Crippen LogP) is 0.367. The molecule has 0 radical (unpaired) electrons. The number of hydrogen-bond donors (Lipinski definition) is 2. The molecule has 0 saturated heterocycles. The van der Waals surface area contributed by atoms with Gasteiger partial charge in [-0.3, -0.25) is 4.79 Å². The van der Waals surface area contributed by atoms with Crippen LogP contribution in [0.15, 0.2) is 0 Å². The highest BCUT2D eigenvalue weighted by Gasteiger charge is 2.12. The van der Waals surface area contributed by atoms with E-state index in [9.17, 15) is 13.6 Å². The normalized spacial score (nSPS) is 10.3. The maximum absolute atomic E-state index is 11.6. The second-order valence-corrected chi connectivity index (χ2v) is 2.30. The van der Waals surface area contributed by atoms with Crippen LogP contribution in [0.25, 0.3) is 0 Å². The van der Waals surface area contributed by atoms with E-state index in [4.69, 9.17) is 0 Å². The van der Waals surface area contributed by atoms with Gasteiger partial charge in [-0.05, 0) is 19.5 Å². The van der Waals surface area contributed by atoms with Crippen LogP contribution in [-0.4, -0.2) is 32.0 Å². The molecule has 0 rings (SSSR count). The summed E-state index contributed by atoms with van der Waals surface area (Å²) >= 11 is 0. The Hall–Kier alpha value is -0.710. The highest BCUT2D eigenvalue weighted by Crippen LogP contribution is 1.90. The third-order valence-corrected chi connectivity index (χ3v) is 1.28. The van der Waals surface area contributed by atoms with E-state index in [2.05, 4.69) is 10.6 Å². The minimum atomic E-state index is -2.90. The van der Waals surface area contributed by atoms with Gasteiger partial charge in [0.05, 0.1) is 0 Å². The Morgan fingerprint density at radius 3 is 2.58 bits per heavy atom. The standard InChI is InChI=1S/C7H14F2N2O/c1-2-10-4-3-5-11-7(12)6(8)9/h6,10H,2-5H2,1H3,(H,11,12). The zero-order chi connectivity index (χ0) is 9.40. The molecule has 0 aliphatic carbocycles. The minimum absolute atomic E-state index is 0.302. The Morgan fingerprint density at radius 2 is 2.08 bits per heavy atom. The fourth-order valence-corrected chi connectivity index (χ4v) is 0.679. The Bertz CT molecular complexity index is 131. The summed E-state index contributed by atoms with van der Waals surface area (Å²) in [4.78, 5) is 10.3. The summed E-state index contributed by atoms with van der Waals surface area (Å²) in [6, 6.07) is 0. The van der Waals surface area contributed by atoms with Gasteiger partial charge >= 0.3 is 6.43 Å². The van der Waals surface area contributed by atoms with E-state index < -0.39 is 12.3 Å². The van der Waals surface area contributed by atoms with Crippen molar-refractivity contribution in [1.82, 2.24) is 10.6 Å². The zero-order valence-corrected chi connectivity index (χ0v) is 7.07. The van der Waals surface area contributed by atoms with Gasteiger partial charge in [-0.1, -0.05) is 6.92 Å². The number of carbonyl (C=O) groups is 1. The lowest BCUT2D eigenvalue weighted by Crippen LogP contribution is -2.31. The molecule has 1 amide bonds.